The third kappa shape index (κ3) is 2.63. The zero-order valence-corrected chi connectivity index (χ0v) is 8.49. The van der Waals surface area contributed by atoms with Gasteiger partial charge < -0.3 is 10.2 Å². The number of likely N-dealkylation sites (tertiary alicyclic amines) is 1. The van der Waals surface area contributed by atoms with Gasteiger partial charge in [-0.05, 0) is 6.42 Å². The Balaban J connectivity index is 2.79. The van der Waals surface area contributed by atoms with E-state index in [0.717, 1.165) is 0 Å². The topological polar surface area (TPSA) is 60.8 Å². The van der Waals surface area contributed by atoms with E-state index < -0.39 is 43.5 Å². The largest absolute Gasteiger partial charge is 0.480 e. The second-order valence-corrected chi connectivity index (χ2v) is 3.83. The molecule has 0 spiro atoms. The Morgan fingerprint density at radius 3 is 2.67 bits per heavy atom. The molecule has 0 aromatic heterocycles. The normalized spacial score (nSPS) is 27.9. The number of alkyl halides is 2. The molecular weight excluding hydrogens is 208 g/mol. The van der Waals surface area contributed by atoms with E-state index in [1.807, 2.05) is 0 Å². The predicted octanol–water partition coefficient (Wildman–Crippen LogP) is 0.552. The van der Waals surface area contributed by atoms with Crippen LogP contribution in [0, 0.1) is 0 Å². The fraction of sp³-hybridized carbons (Fsp3) is 0.889. The van der Waals surface area contributed by atoms with Gasteiger partial charge in [-0.1, -0.05) is 6.92 Å². The van der Waals surface area contributed by atoms with Crippen LogP contribution < -0.4 is 0 Å². The monoisotopic (exact) mass is 223 g/mol. The average molecular weight is 223 g/mol. The minimum absolute atomic E-state index is 0.252. The molecule has 0 saturated carbocycles. The lowest BCUT2D eigenvalue weighted by Gasteiger charge is -2.27. The first kappa shape index (κ1) is 12.3. The summed E-state index contributed by atoms with van der Waals surface area (Å²) in [6.07, 6.45) is -0.213. The lowest BCUT2D eigenvalue weighted by molar-refractivity contribution is -0.144. The Hall–Kier alpha value is -0.750. The molecule has 0 aliphatic carbocycles. The second kappa shape index (κ2) is 4.40. The number of hydrogen-bond donors (Lipinski definition) is 2. The molecule has 1 aliphatic heterocycles. The molecule has 6 heteroatoms. The summed E-state index contributed by atoms with van der Waals surface area (Å²) in [5.74, 6) is -4.01. The van der Waals surface area contributed by atoms with Crippen molar-refractivity contribution in [1.82, 2.24) is 4.90 Å². The Morgan fingerprint density at radius 1 is 1.67 bits per heavy atom. The Morgan fingerprint density at radius 2 is 2.27 bits per heavy atom. The molecule has 0 aromatic rings. The van der Waals surface area contributed by atoms with Crippen molar-refractivity contribution in [3.8, 4) is 0 Å². The van der Waals surface area contributed by atoms with Crippen molar-refractivity contribution < 1.29 is 23.8 Å². The average Bonchev–Trinajstić information content (AvgIpc) is 2.42. The third-order valence-electron chi connectivity index (χ3n) is 2.70. The van der Waals surface area contributed by atoms with Gasteiger partial charge in [0.1, 0.15) is 6.04 Å². The molecule has 88 valence electrons. The number of nitrogens with zero attached hydrogens (tertiary/aromatic N) is 1. The van der Waals surface area contributed by atoms with Gasteiger partial charge in [-0.3, -0.25) is 9.69 Å². The van der Waals surface area contributed by atoms with E-state index in [4.69, 9.17) is 10.2 Å². The highest BCUT2D eigenvalue weighted by atomic mass is 19.3. The van der Waals surface area contributed by atoms with Crippen LogP contribution in [0.5, 0.6) is 0 Å². The van der Waals surface area contributed by atoms with Crippen LogP contribution >= 0.6 is 0 Å². The summed E-state index contributed by atoms with van der Waals surface area (Å²) in [5.41, 5.74) is 0. The van der Waals surface area contributed by atoms with E-state index in [9.17, 15) is 13.6 Å². The minimum atomic E-state index is -2.89. The van der Waals surface area contributed by atoms with Crippen molar-refractivity contribution >= 4 is 5.97 Å². The van der Waals surface area contributed by atoms with Gasteiger partial charge in [0.2, 0.25) is 0 Å². The molecule has 1 fully saturated rings. The zero-order chi connectivity index (χ0) is 11.6. The molecule has 0 bridgehead atoms. The van der Waals surface area contributed by atoms with Gasteiger partial charge in [-0.25, -0.2) is 8.78 Å². The van der Waals surface area contributed by atoms with Gasteiger partial charge in [0.05, 0.1) is 13.2 Å². The molecule has 1 aliphatic rings. The lowest BCUT2D eigenvalue weighted by Crippen LogP contribution is -2.45. The van der Waals surface area contributed by atoms with Crippen LogP contribution in [0.15, 0.2) is 0 Å². The maximum atomic E-state index is 13.0. The van der Waals surface area contributed by atoms with Gasteiger partial charge in [0, 0.05) is 12.5 Å². The zero-order valence-electron chi connectivity index (χ0n) is 8.49. The van der Waals surface area contributed by atoms with Crippen LogP contribution in [0.4, 0.5) is 8.78 Å². The van der Waals surface area contributed by atoms with E-state index in [2.05, 4.69) is 0 Å². The molecule has 2 atom stereocenters. The van der Waals surface area contributed by atoms with Gasteiger partial charge >= 0.3 is 5.97 Å². The Labute approximate surface area is 86.5 Å². The predicted molar refractivity (Wildman–Crippen MR) is 48.9 cm³/mol. The number of halogens is 2. The SMILES string of the molecule is CC[C@@H](C(=O)O)N1CC(F)(F)C[C@@H]1CO. The smallest absolute Gasteiger partial charge is 0.320 e. The molecule has 0 aromatic carbocycles. The first-order valence-electron chi connectivity index (χ1n) is 4.88. The van der Waals surface area contributed by atoms with Crippen molar-refractivity contribution in [3.05, 3.63) is 0 Å². The van der Waals surface area contributed by atoms with Gasteiger partial charge in [-0.2, -0.15) is 0 Å². The van der Waals surface area contributed by atoms with Gasteiger partial charge in [0.15, 0.2) is 0 Å². The van der Waals surface area contributed by atoms with Gasteiger partial charge in [0.25, 0.3) is 5.92 Å². The van der Waals surface area contributed by atoms with Crippen molar-refractivity contribution in [1.29, 1.82) is 0 Å². The maximum Gasteiger partial charge on any atom is 0.320 e. The number of aliphatic hydroxyl groups excluding tert-OH is 1. The molecule has 0 unspecified atom stereocenters. The van der Waals surface area contributed by atoms with Crippen molar-refractivity contribution in [2.45, 2.75) is 37.8 Å². The first-order chi connectivity index (χ1) is 6.91. The molecule has 2 N–H and O–H groups in total. The molecule has 1 saturated heterocycles. The van der Waals surface area contributed by atoms with E-state index in [0.29, 0.717) is 0 Å². The minimum Gasteiger partial charge on any atom is -0.480 e. The van der Waals surface area contributed by atoms with E-state index >= 15 is 0 Å². The number of carbonyl (C=O) groups is 1. The quantitative estimate of drug-likeness (QED) is 0.730. The fourth-order valence-corrected chi connectivity index (χ4v) is 2.01. The molecule has 0 radical (unpaired) electrons. The lowest BCUT2D eigenvalue weighted by atomic mass is 10.1. The summed E-state index contributed by atoms with van der Waals surface area (Å²) in [6.45, 7) is 0.617. The van der Waals surface area contributed by atoms with Crippen LogP contribution in [0.3, 0.4) is 0 Å². The summed E-state index contributed by atoms with van der Waals surface area (Å²) in [6, 6.07) is -1.68. The van der Waals surface area contributed by atoms with E-state index in [1.165, 1.54) is 4.90 Å². The molecule has 4 nitrogen and oxygen atoms in total. The van der Waals surface area contributed by atoms with Crippen molar-refractivity contribution in [2.75, 3.05) is 13.2 Å². The fourth-order valence-electron chi connectivity index (χ4n) is 2.01. The molecule has 1 heterocycles. The summed E-state index contributed by atoms with van der Waals surface area (Å²) in [4.78, 5) is 12.0. The molecular formula is C9H15F2NO3. The Bertz CT molecular complexity index is 248. The summed E-state index contributed by atoms with van der Waals surface area (Å²) >= 11 is 0. The first-order valence-corrected chi connectivity index (χ1v) is 4.88. The highest BCUT2D eigenvalue weighted by Gasteiger charge is 2.48. The van der Waals surface area contributed by atoms with Crippen LogP contribution in [-0.4, -0.2) is 52.2 Å². The highest BCUT2D eigenvalue weighted by molar-refractivity contribution is 5.73. The van der Waals surface area contributed by atoms with Crippen LogP contribution in [0.1, 0.15) is 19.8 Å². The second-order valence-electron chi connectivity index (χ2n) is 3.83. The Kier molecular flexibility index (Phi) is 3.62. The van der Waals surface area contributed by atoms with E-state index in [1.54, 1.807) is 6.92 Å². The summed E-state index contributed by atoms with van der Waals surface area (Å²) in [5, 5.41) is 17.8. The van der Waals surface area contributed by atoms with Crippen LogP contribution in [0.2, 0.25) is 0 Å². The third-order valence-corrected chi connectivity index (χ3v) is 2.70. The number of hydrogen-bond acceptors (Lipinski definition) is 3. The standard InChI is InChI=1S/C9H15F2NO3/c1-2-7(8(14)15)12-5-9(10,11)3-6(12)4-13/h6-7,13H,2-5H2,1H3,(H,14,15)/t6-,7+/m1/s1. The number of carboxylic acid groups (broad SMARTS) is 1. The molecule has 0 amide bonds. The summed E-state index contributed by atoms with van der Waals surface area (Å²) < 4.78 is 26.1. The van der Waals surface area contributed by atoms with Gasteiger partial charge in [-0.15, -0.1) is 0 Å². The molecule has 1 rings (SSSR count). The van der Waals surface area contributed by atoms with Crippen molar-refractivity contribution in [3.63, 3.8) is 0 Å². The van der Waals surface area contributed by atoms with E-state index in [-0.39, 0.29) is 6.42 Å². The summed E-state index contributed by atoms with van der Waals surface area (Å²) in [7, 11) is 0. The maximum absolute atomic E-state index is 13.0. The van der Waals surface area contributed by atoms with Crippen molar-refractivity contribution in [2.24, 2.45) is 0 Å². The number of aliphatic hydroxyl groups is 1. The van der Waals surface area contributed by atoms with Crippen LogP contribution in [0.25, 0.3) is 0 Å². The number of rotatable bonds is 4. The molecule has 15 heavy (non-hydrogen) atoms. The number of aliphatic carboxylic acids is 1. The van der Waals surface area contributed by atoms with Crippen LogP contribution in [-0.2, 0) is 4.79 Å². The number of carboxylic acids is 1. The highest BCUT2D eigenvalue weighted by Crippen LogP contribution is 2.33.